The lowest BCUT2D eigenvalue weighted by Gasteiger charge is -2.37. The number of piperidine rings is 1. The smallest absolute Gasteiger partial charge is 0.211 e. The van der Waals surface area contributed by atoms with E-state index < -0.39 is 21.1 Å². The summed E-state index contributed by atoms with van der Waals surface area (Å²) in [4.78, 5) is 15.3. The molecule has 0 saturated carbocycles. The second kappa shape index (κ2) is 10.1. The number of nitrogens with zero attached hydrogens (tertiary/aromatic N) is 2. The summed E-state index contributed by atoms with van der Waals surface area (Å²) in [6, 6.07) is 9.57. The molecule has 1 saturated heterocycles. The zero-order valence-electron chi connectivity index (χ0n) is 21.1. The van der Waals surface area contributed by atoms with Crippen molar-refractivity contribution in [2.45, 2.75) is 69.7 Å². The number of rotatable bonds is 7. The summed E-state index contributed by atoms with van der Waals surface area (Å²) < 4.78 is 44.2. The molecule has 2 aromatic carbocycles. The van der Waals surface area contributed by atoms with Crippen molar-refractivity contribution in [3.63, 3.8) is 0 Å². The second-order valence-electron chi connectivity index (χ2n) is 10.0. The molecule has 1 fully saturated rings. The van der Waals surface area contributed by atoms with Crippen LogP contribution in [0.1, 0.15) is 52.5 Å². The van der Waals surface area contributed by atoms with Crippen LogP contribution in [0.25, 0.3) is 10.9 Å². The van der Waals surface area contributed by atoms with E-state index in [0.29, 0.717) is 29.6 Å². The highest BCUT2D eigenvalue weighted by molar-refractivity contribution is 7.91. The van der Waals surface area contributed by atoms with Gasteiger partial charge < -0.3 is 9.47 Å². The maximum absolute atomic E-state index is 15.4. The van der Waals surface area contributed by atoms with Crippen LogP contribution in [0.4, 0.5) is 10.1 Å². The normalized spacial score (nSPS) is 18.8. The molecule has 1 aromatic heterocycles. The maximum atomic E-state index is 15.4. The molecule has 1 aliphatic rings. The molecule has 2 atom stereocenters. The fourth-order valence-corrected chi connectivity index (χ4v) is 6.58. The van der Waals surface area contributed by atoms with Crippen LogP contribution in [0, 0.1) is 17.7 Å². The molecule has 4 rings (SSSR count). The average molecular weight is 499 g/mol. The lowest BCUT2D eigenvalue weighted by Crippen LogP contribution is -2.39. The van der Waals surface area contributed by atoms with Crippen LogP contribution in [0.3, 0.4) is 0 Å². The van der Waals surface area contributed by atoms with Crippen molar-refractivity contribution < 1.29 is 12.8 Å². The van der Waals surface area contributed by atoms with Gasteiger partial charge in [-0.1, -0.05) is 46.2 Å². The van der Waals surface area contributed by atoms with Gasteiger partial charge in [0.25, 0.3) is 0 Å². The summed E-state index contributed by atoms with van der Waals surface area (Å²) in [6.07, 6.45) is 5.06. The van der Waals surface area contributed by atoms with Gasteiger partial charge in [-0.15, -0.1) is 0 Å². The van der Waals surface area contributed by atoms with Crippen molar-refractivity contribution in [2.75, 3.05) is 18.0 Å². The molecule has 1 aliphatic heterocycles. The Labute approximate surface area is 207 Å². The van der Waals surface area contributed by atoms with Crippen LogP contribution in [0.15, 0.2) is 57.2 Å². The minimum absolute atomic E-state index is 0.0709. The van der Waals surface area contributed by atoms with Gasteiger partial charge in [-0.3, -0.25) is 4.79 Å². The first kappa shape index (κ1) is 25.4. The summed E-state index contributed by atoms with van der Waals surface area (Å²) in [6.45, 7) is 10.4. The van der Waals surface area contributed by atoms with E-state index >= 15 is 4.39 Å². The quantitative estimate of drug-likeness (QED) is 0.412. The largest absolute Gasteiger partial charge is 0.369 e. The number of aromatic nitrogens is 1. The molecule has 0 spiro atoms. The minimum atomic E-state index is -4.06. The van der Waals surface area contributed by atoms with Gasteiger partial charge in [0.05, 0.1) is 21.5 Å². The Bertz CT molecular complexity index is 1370. The number of halogens is 1. The number of sulfone groups is 1. The molecule has 0 amide bonds. The Morgan fingerprint density at radius 2 is 1.69 bits per heavy atom. The molecule has 7 heteroatoms. The van der Waals surface area contributed by atoms with E-state index in [1.807, 2.05) is 11.5 Å². The standard InChI is InChI=1S/C28H35FN2O3S/c1-5-7-12-30-18-27(35(33,34)22-10-8-21(6-2)9-11-22)28(32)23-14-24(29)26(15-25(23)30)31-16-19(3)13-20(4)17-31/h8-11,14-15,18-20H,5-7,12-13,16-17H2,1-4H3/t19-,20-/m1/s1. The Morgan fingerprint density at radius 1 is 1.03 bits per heavy atom. The van der Waals surface area contributed by atoms with E-state index in [2.05, 4.69) is 25.7 Å². The number of benzene rings is 2. The zero-order valence-corrected chi connectivity index (χ0v) is 21.9. The van der Waals surface area contributed by atoms with Gasteiger partial charge in [0.1, 0.15) is 10.7 Å². The van der Waals surface area contributed by atoms with Crippen LogP contribution >= 0.6 is 0 Å². The van der Waals surface area contributed by atoms with Crippen molar-refractivity contribution in [1.29, 1.82) is 0 Å². The molecule has 5 nitrogen and oxygen atoms in total. The molecule has 3 aromatic rings. The number of hydrogen-bond acceptors (Lipinski definition) is 4. The van der Waals surface area contributed by atoms with Gasteiger partial charge in [0.2, 0.25) is 15.3 Å². The first-order chi connectivity index (χ1) is 16.6. The summed E-state index contributed by atoms with van der Waals surface area (Å²) in [5.74, 6) is 0.408. The lowest BCUT2D eigenvalue weighted by atomic mass is 9.91. The molecule has 0 bridgehead atoms. The summed E-state index contributed by atoms with van der Waals surface area (Å²) in [7, 11) is -4.06. The third-order valence-electron chi connectivity index (χ3n) is 7.01. The fourth-order valence-electron chi connectivity index (χ4n) is 5.21. The molecule has 0 unspecified atom stereocenters. The molecule has 0 radical (unpaired) electrons. The SMILES string of the molecule is CCCCn1cc(S(=O)(=O)c2ccc(CC)cc2)c(=O)c2cc(F)c(N3C[C@H](C)C[C@@H](C)C3)cc21. The molecule has 0 N–H and O–H groups in total. The van der Waals surface area contributed by atoms with Gasteiger partial charge in [-0.2, -0.15) is 0 Å². The van der Waals surface area contributed by atoms with Gasteiger partial charge in [-0.25, -0.2) is 12.8 Å². The van der Waals surface area contributed by atoms with Crippen molar-refractivity contribution in [2.24, 2.45) is 11.8 Å². The Kier molecular flexibility index (Phi) is 7.36. The number of pyridine rings is 1. The van der Waals surface area contributed by atoms with E-state index in [1.54, 1.807) is 18.2 Å². The van der Waals surface area contributed by atoms with Crippen LogP contribution in [0.2, 0.25) is 0 Å². The number of hydrogen-bond donors (Lipinski definition) is 0. The molecule has 188 valence electrons. The Hall–Kier alpha value is -2.67. The minimum Gasteiger partial charge on any atom is -0.369 e. The number of fused-ring (bicyclic) bond motifs is 1. The highest BCUT2D eigenvalue weighted by atomic mass is 32.2. The third-order valence-corrected chi connectivity index (χ3v) is 8.77. The Balaban J connectivity index is 1.89. The van der Waals surface area contributed by atoms with Crippen molar-refractivity contribution in [1.82, 2.24) is 4.57 Å². The summed E-state index contributed by atoms with van der Waals surface area (Å²) in [5, 5.41) is 0.103. The predicted molar refractivity (Wildman–Crippen MR) is 140 cm³/mol. The van der Waals surface area contributed by atoms with E-state index in [-0.39, 0.29) is 15.2 Å². The predicted octanol–water partition coefficient (Wildman–Crippen LogP) is 5.82. The van der Waals surface area contributed by atoms with Gasteiger partial charge in [-0.05, 0) is 60.9 Å². The zero-order chi connectivity index (χ0) is 25.3. The van der Waals surface area contributed by atoms with E-state index in [4.69, 9.17) is 0 Å². The van der Waals surface area contributed by atoms with E-state index in [0.717, 1.165) is 44.3 Å². The summed E-state index contributed by atoms with van der Waals surface area (Å²) >= 11 is 0. The van der Waals surface area contributed by atoms with Crippen molar-refractivity contribution in [3.8, 4) is 0 Å². The van der Waals surface area contributed by atoms with Crippen LogP contribution in [0.5, 0.6) is 0 Å². The third kappa shape index (κ3) is 5.01. The first-order valence-electron chi connectivity index (χ1n) is 12.6. The maximum Gasteiger partial charge on any atom is 0.211 e. The van der Waals surface area contributed by atoms with Crippen LogP contribution < -0.4 is 10.3 Å². The highest BCUT2D eigenvalue weighted by Crippen LogP contribution is 2.32. The average Bonchev–Trinajstić information content (AvgIpc) is 2.82. The highest BCUT2D eigenvalue weighted by Gasteiger charge is 2.27. The monoisotopic (exact) mass is 498 g/mol. The fraction of sp³-hybridized carbons (Fsp3) is 0.464. The number of aryl methyl sites for hydroxylation is 2. The Morgan fingerprint density at radius 3 is 2.29 bits per heavy atom. The lowest BCUT2D eigenvalue weighted by molar-refractivity contribution is 0.354. The van der Waals surface area contributed by atoms with Crippen molar-refractivity contribution >= 4 is 26.4 Å². The molecule has 35 heavy (non-hydrogen) atoms. The van der Waals surface area contributed by atoms with Gasteiger partial charge >= 0.3 is 0 Å². The van der Waals surface area contributed by atoms with Gasteiger partial charge in [0, 0.05) is 25.8 Å². The van der Waals surface area contributed by atoms with Crippen LogP contribution in [-0.2, 0) is 22.8 Å². The molecule has 2 heterocycles. The van der Waals surface area contributed by atoms with E-state index in [1.165, 1.54) is 24.4 Å². The van der Waals surface area contributed by atoms with Crippen molar-refractivity contribution in [3.05, 3.63) is 64.2 Å². The van der Waals surface area contributed by atoms with E-state index in [9.17, 15) is 13.2 Å². The first-order valence-corrected chi connectivity index (χ1v) is 14.1. The van der Waals surface area contributed by atoms with Crippen LogP contribution in [-0.4, -0.2) is 26.1 Å². The second-order valence-corrected chi connectivity index (χ2v) is 12.0. The summed E-state index contributed by atoms with van der Waals surface area (Å²) in [5.41, 5.74) is 1.41. The topological polar surface area (TPSA) is 59.4 Å². The van der Waals surface area contributed by atoms with Gasteiger partial charge in [0.15, 0.2) is 0 Å². The molecular weight excluding hydrogens is 463 g/mol. The number of unbranched alkanes of at least 4 members (excludes halogenated alkanes) is 1. The molecular formula is C28H35FN2O3S. The molecule has 0 aliphatic carbocycles. The number of anilines is 1.